The van der Waals surface area contributed by atoms with Crippen LogP contribution in [0.25, 0.3) is 0 Å². The minimum absolute atomic E-state index is 0.0454. The Balaban J connectivity index is 1.83. The lowest BCUT2D eigenvalue weighted by Crippen LogP contribution is -2.64. The summed E-state index contributed by atoms with van der Waals surface area (Å²) in [5, 5.41) is 10.1. The van der Waals surface area contributed by atoms with E-state index in [0.717, 1.165) is 35.3 Å². The van der Waals surface area contributed by atoms with Crippen LogP contribution in [-0.2, 0) is 16.2 Å². The van der Waals surface area contributed by atoms with Crippen LogP contribution in [0.15, 0.2) is 29.2 Å². The molecule has 1 saturated carbocycles. The number of aliphatic hydroxyl groups is 1. The predicted octanol–water partition coefficient (Wildman–Crippen LogP) is 1.85. The Hall–Kier alpha value is -1.12. The summed E-state index contributed by atoms with van der Waals surface area (Å²) in [4.78, 5) is -0.393. The monoisotopic (exact) mass is 321 g/mol. The fourth-order valence-corrected chi connectivity index (χ4v) is 4.21. The molecule has 0 atom stereocenters. The van der Waals surface area contributed by atoms with Gasteiger partial charge in [-0.1, -0.05) is 6.07 Å². The average molecular weight is 321 g/mol. The number of β-amino-alcohol motifs (C(OH)–C–C–N with tert-alkyl or cyclic N) is 1. The molecule has 2 fully saturated rings. The van der Waals surface area contributed by atoms with Gasteiger partial charge in [0.1, 0.15) is 0 Å². The van der Waals surface area contributed by atoms with E-state index >= 15 is 0 Å². The topological polar surface area (TPSA) is 57.6 Å². The molecule has 0 amide bonds. The van der Waals surface area contributed by atoms with Gasteiger partial charge in [-0.15, -0.1) is 0 Å². The molecule has 0 radical (unpaired) electrons. The van der Waals surface area contributed by atoms with E-state index in [1.807, 2.05) is 0 Å². The normalized spacial score (nSPS) is 22.9. The van der Waals surface area contributed by atoms with Gasteiger partial charge in [-0.25, -0.2) is 8.42 Å². The molecule has 116 valence electrons. The van der Waals surface area contributed by atoms with Crippen LogP contribution in [0.1, 0.15) is 18.4 Å². The first-order chi connectivity index (χ1) is 9.63. The molecular formula is C13H14F3NO3S. The van der Waals surface area contributed by atoms with Crippen molar-refractivity contribution in [1.82, 2.24) is 4.31 Å². The minimum Gasteiger partial charge on any atom is -0.387 e. The number of hydrogen-bond donors (Lipinski definition) is 1. The zero-order valence-electron chi connectivity index (χ0n) is 11.0. The van der Waals surface area contributed by atoms with Crippen LogP contribution >= 0.6 is 0 Å². The van der Waals surface area contributed by atoms with Gasteiger partial charge in [-0.05, 0) is 37.0 Å². The molecule has 0 spiro atoms. The molecule has 1 aliphatic heterocycles. The maximum Gasteiger partial charge on any atom is 0.416 e. The number of rotatable bonds is 3. The highest BCUT2D eigenvalue weighted by atomic mass is 32.2. The number of sulfonamides is 1. The van der Waals surface area contributed by atoms with Crippen molar-refractivity contribution >= 4 is 10.0 Å². The molecule has 1 saturated heterocycles. The second-order valence-corrected chi connectivity index (χ2v) is 7.61. The van der Waals surface area contributed by atoms with Crippen molar-refractivity contribution in [3.05, 3.63) is 29.8 Å². The van der Waals surface area contributed by atoms with E-state index in [4.69, 9.17) is 0 Å². The molecule has 1 aliphatic carbocycles. The predicted molar refractivity (Wildman–Crippen MR) is 67.9 cm³/mol. The van der Waals surface area contributed by atoms with Gasteiger partial charge in [0.25, 0.3) is 0 Å². The number of benzene rings is 1. The Labute approximate surface area is 120 Å². The van der Waals surface area contributed by atoms with Crippen LogP contribution in [0, 0.1) is 5.92 Å². The van der Waals surface area contributed by atoms with Gasteiger partial charge in [0, 0.05) is 13.1 Å². The Bertz CT molecular complexity index is 661. The SMILES string of the molecule is O=S(=O)(c1cccc(C(F)(F)F)c1)N1CC(O)(C2CC2)C1. The summed E-state index contributed by atoms with van der Waals surface area (Å²) in [7, 11) is -3.99. The van der Waals surface area contributed by atoms with Gasteiger partial charge in [0.15, 0.2) is 0 Å². The van der Waals surface area contributed by atoms with Gasteiger partial charge in [0.05, 0.1) is 16.1 Å². The first-order valence-electron chi connectivity index (χ1n) is 6.53. The van der Waals surface area contributed by atoms with E-state index in [1.54, 1.807) is 0 Å². The van der Waals surface area contributed by atoms with E-state index in [9.17, 15) is 26.7 Å². The Morgan fingerprint density at radius 2 is 1.86 bits per heavy atom. The third-order valence-corrected chi connectivity index (χ3v) is 5.82. The molecule has 1 aromatic carbocycles. The van der Waals surface area contributed by atoms with Crippen molar-refractivity contribution in [2.24, 2.45) is 5.92 Å². The molecule has 1 heterocycles. The van der Waals surface area contributed by atoms with Crippen molar-refractivity contribution in [1.29, 1.82) is 0 Å². The maximum absolute atomic E-state index is 12.6. The highest BCUT2D eigenvalue weighted by molar-refractivity contribution is 7.89. The quantitative estimate of drug-likeness (QED) is 0.924. The standard InChI is InChI=1S/C13H14F3NO3S/c14-13(15,16)10-2-1-3-11(6-10)21(19,20)17-7-12(18,8-17)9-4-5-9/h1-3,6,9,18H,4-5,7-8H2. The molecule has 21 heavy (non-hydrogen) atoms. The van der Waals surface area contributed by atoms with E-state index in [-0.39, 0.29) is 19.0 Å². The molecule has 1 N–H and O–H groups in total. The van der Waals surface area contributed by atoms with E-state index in [1.165, 1.54) is 0 Å². The molecule has 0 unspecified atom stereocenters. The number of alkyl halides is 3. The van der Waals surface area contributed by atoms with E-state index in [2.05, 4.69) is 0 Å². The van der Waals surface area contributed by atoms with Crippen molar-refractivity contribution < 1.29 is 26.7 Å². The fraction of sp³-hybridized carbons (Fsp3) is 0.538. The van der Waals surface area contributed by atoms with E-state index in [0.29, 0.717) is 6.07 Å². The van der Waals surface area contributed by atoms with Gasteiger partial charge < -0.3 is 5.11 Å². The number of hydrogen-bond acceptors (Lipinski definition) is 3. The van der Waals surface area contributed by atoms with Gasteiger partial charge in [0.2, 0.25) is 10.0 Å². The second-order valence-electron chi connectivity index (χ2n) is 5.68. The van der Waals surface area contributed by atoms with Crippen LogP contribution in [-0.4, -0.2) is 36.5 Å². The van der Waals surface area contributed by atoms with Crippen LogP contribution in [0.5, 0.6) is 0 Å². The van der Waals surface area contributed by atoms with Gasteiger partial charge in [-0.2, -0.15) is 17.5 Å². The lowest BCUT2D eigenvalue weighted by Gasteiger charge is -2.45. The number of nitrogens with zero attached hydrogens (tertiary/aromatic N) is 1. The molecule has 0 aromatic heterocycles. The molecule has 3 rings (SSSR count). The highest BCUT2D eigenvalue weighted by Crippen LogP contribution is 2.46. The third-order valence-electron chi connectivity index (χ3n) is 4.04. The summed E-state index contributed by atoms with van der Waals surface area (Å²) in [6.45, 7) is -0.0908. The van der Waals surface area contributed by atoms with Crippen molar-refractivity contribution in [2.45, 2.75) is 29.5 Å². The summed E-state index contributed by atoms with van der Waals surface area (Å²) in [6, 6.07) is 3.67. The molecule has 4 nitrogen and oxygen atoms in total. The zero-order valence-corrected chi connectivity index (χ0v) is 11.8. The Morgan fingerprint density at radius 1 is 1.24 bits per heavy atom. The summed E-state index contributed by atoms with van der Waals surface area (Å²) in [6.07, 6.45) is -2.85. The molecular weight excluding hydrogens is 307 g/mol. The Kier molecular flexibility index (Phi) is 3.13. The lowest BCUT2D eigenvalue weighted by atomic mass is 9.91. The molecule has 1 aromatic rings. The van der Waals surface area contributed by atoms with Crippen molar-refractivity contribution in [3.63, 3.8) is 0 Å². The van der Waals surface area contributed by atoms with Crippen LogP contribution in [0.3, 0.4) is 0 Å². The van der Waals surface area contributed by atoms with Crippen LogP contribution in [0.2, 0.25) is 0 Å². The third kappa shape index (κ3) is 2.56. The number of halogens is 3. The lowest BCUT2D eigenvalue weighted by molar-refractivity contribution is -0.137. The van der Waals surface area contributed by atoms with Crippen LogP contribution < -0.4 is 0 Å². The Morgan fingerprint density at radius 3 is 2.38 bits per heavy atom. The average Bonchev–Trinajstić information content (AvgIpc) is 3.18. The summed E-state index contributed by atoms with van der Waals surface area (Å²) < 4.78 is 63.5. The first-order valence-corrected chi connectivity index (χ1v) is 7.97. The summed E-state index contributed by atoms with van der Waals surface area (Å²) in [5.74, 6) is 0.116. The highest BCUT2D eigenvalue weighted by Gasteiger charge is 2.55. The van der Waals surface area contributed by atoms with Crippen molar-refractivity contribution in [2.75, 3.05) is 13.1 Å². The first kappa shape index (κ1) is 14.8. The summed E-state index contributed by atoms with van der Waals surface area (Å²) >= 11 is 0. The van der Waals surface area contributed by atoms with E-state index < -0.39 is 32.3 Å². The van der Waals surface area contributed by atoms with Crippen molar-refractivity contribution in [3.8, 4) is 0 Å². The fourth-order valence-electron chi connectivity index (χ4n) is 2.60. The second kappa shape index (κ2) is 4.44. The van der Waals surface area contributed by atoms with Gasteiger partial charge in [-0.3, -0.25) is 0 Å². The van der Waals surface area contributed by atoms with Gasteiger partial charge >= 0.3 is 6.18 Å². The molecule has 0 bridgehead atoms. The summed E-state index contributed by atoms with van der Waals surface area (Å²) in [5.41, 5.74) is -2.00. The molecule has 8 heteroatoms. The maximum atomic E-state index is 12.6. The molecule has 2 aliphatic rings. The smallest absolute Gasteiger partial charge is 0.387 e. The minimum atomic E-state index is -4.59. The largest absolute Gasteiger partial charge is 0.416 e. The van der Waals surface area contributed by atoms with Crippen LogP contribution in [0.4, 0.5) is 13.2 Å². The zero-order chi connectivity index (χ0) is 15.5.